The van der Waals surface area contributed by atoms with Gasteiger partial charge < -0.3 is 15.0 Å². The number of benzene rings is 1. The van der Waals surface area contributed by atoms with Crippen LogP contribution in [0.25, 0.3) is 11.0 Å². The minimum atomic E-state index is 0.0771. The van der Waals surface area contributed by atoms with Gasteiger partial charge in [-0.1, -0.05) is 18.5 Å². The van der Waals surface area contributed by atoms with Crippen LogP contribution in [-0.4, -0.2) is 27.3 Å². The Morgan fingerprint density at radius 2 is 2.21 bits per heavy atom. The molecule has 4 nitrogen and oxygen atoms in total. The van der Waals surface area contributed by atoms with E-state index in [9.17, 15) is 5.11 Å². The quantitative estimate of drug-likeness (QED) is 0.886. The summed E-state index contributed by atoms with van der Waals surface area (Å²) in [4.78, 5) is 4.63. The molecule has 0 aliphatic rings. The van der Waals surface area contributed by atoms with E-state index in [1.54, 1.807) is 0 Å². The van der Waals surface area contributed by atoms with Gasteiger partial charge in [0.1, 0.15) is 5.82 Å². The van der Waals surface area contributed by atoms with Gasteiger partial charge in [0.25, 0.3) is 0 Å². The van der Waals surface area contributed by atoms with E-state index in [0.717, 1.165) is 23.3 Å². The zero-order chi connectivity index (χ0) is 14.0. The van der Waals surface area contributed by atoms with Crippen molar-refractivity contribution in [2.24, 2.45) is 7.05 Å². The fraction of sp³-hybridized carbons (Fsp3) is 0.500. The number of hydrogen-bond acceptors (Lipinski definition) is 3. The molecule has 1 aromatic heterocycles. The molecule has 2 atom stereocenters. The van der Waals surface area contributed by atoms with Crippen molar-refractivity contribution in [3.8, 4) is 0 Å². The number of aromatic nitrogens is 2. The Morgan fingerprint density at radius 1 is 1.47 bits per heavy atom. The minimum Gasteiger partial charge on any atom is -0.395 e. The number of imidazole rings is 1. The molecule has 0 amide bonds. The Balaban J connectivity index is 2.31. The topological polar surface area (TPSA) is 50.1 Å². The predicted molar refractivity (Wildman–Crippen MR) is 78.4 cm³/mol. The molecule has 5 heteroatoms. The maximum atomic E-state index is 9.26. The summed E-state index contributed by atoms with van der Waals surface area (Å²) < 4.78 is 2.06. The summed E-state index contributed by atoms with van der Waals surface area (Å²) in [7, 11) is 2.00. The highest BCUT2D eigenvalue weighted by molar-refractivity contribution is 6.31. The van der Waals surface area contributed by atoms with Gasteiger partial charge in [0.15, 0.2) is 0 Å². The average Bonchev–Trinajstić information content (AvgIpc) is 2.72. The van der Waals surface area contributed by atoms with Crippen LogP contribution in [0.3, 0.4) is 0 Å². The molecule has 0 aliphatic heterocycles. The van der Waals surface area contributed by atoms with Crippen molar-refractivity contribution in [2.45, 2.75) is 32.4 Å². The zero-order valence-corrected chi connectivity index (χ0v) is 12.3. The molecular formula is C14H20ClN3O. The first-order valence-electron chi connectivity index (χ1n) is 6.55. The Hall–Kier alpha value is -1.10. The average molecular weight is 282 g/mol. The zero-order valence-electron chi connectivity index (χ0n) is 11.5. The number of fused-ring (bicyclic) bond motifs is 1. The Labute approximate surface area is 118 Å². The van der Waals surface area contributed by atoms with Crippen molar-refractivity contribution in [3.63, 3.8) is 0 Å². The van der Waals surface area contributed by atoms with Crippen LogP contribution >= 0.6 is 11.6 Å². The summed E-state index contributed by atoms with van der Waals surface area (Å²) in [5.74, 6) is 0.948. The lowest BCUT2D eigenvalue weighted by molar-refractivity contribution is 0.228. The van der Waals surface area contributed by atoms with Crippen molar-refractivity contribution < 1.29 is 5.11 Å². The molecule has 0 bridgehead atoms. The van der Waals surface area contributed by atoms with Gasteiger partial charge in [-0.05, 0) is 31.5 Å². The van der Waals surface area contributed by atoms with Crippen LogP contribution < -0.4 is 5.32 Å². The first-order chi connectivity index (χ1) is 9.06. The second-order valence-corrected chi connectivity index (χ2v) is 5.27. The van der Waals surface area contributed by atoms with Gasteiger partial charge in [-0.3, -0.25) is 0 Å². The second-order valence-electron chi connectivity index (χ2n) is 4.84. The highest BCUT2D eigenvalue weighted by Crippen LogP contribution is 2.22. The van der Waals surface area contributed by atoms with Crippen molar-refractivity contribution in [1.82, 2.24) is 14.9 Å². The normalized spacial score (nSPS) is 14.8. The van der Waals surface area contributed by atoms with Gasteiger partial charge in [-0.25, -0.2) is 4.98 Å². The maximum Gasteiger partial charge on any atom is 0.126 e. The summed E-state index contributed by atoms with van der Waals surface area (Å²) in [6.45, 7) is 4.24. The third-order valence-corrected chi connectivity index (χ3v) is 3.70. The van der Waals surface area contributed by atoms with E-state index in [-0.39, 0.29) is 18.7 Å². The number of aryl methyl sites for hydroxylation is 1. The standard InChI is InChI=1S/C14H20ClN3O/c1-4-11(8-19)16-9(2)14-17-12-7-10(15)5-6-13(12)18(14)3/h5-7,9,11,16,19H,4,8H2,1-3H3. The van der Waals surface area contributed by atoms with E-state index in [4.69, 9.17) is 11.6 Å². The SMILES string of the molecule is CCC(CO)NC(C)c1nc2cc(Cl)ccc2n1C. The summed E-state index contributed by atoms with van der Waals surface area (Å²) in [6, 6.07) is 5.89. The number of nitrogens with one attached hydrogen (secondary N) is 1. The molecule has 1 aromatic carbocycles. The van der Waals surface area contributed by atoms with Crippen LogP contribution in [0, 0.1) is 0 Å². The van der Waals surface area contributed by atoms with E-state index in [2.05, 4.69) is 28.7 Å². The van der Waals surface area contributed by atoms with Crippen LogP contribution in [0.2, 0.25) is 5.02 Å². The molecule has 0 fully saturated rings. The largest absolute Gasteiger partial charge is 0.395 e. The molecule has 2 aromatic rings. The number of aliphatic hydroxyl groups is 1. The monoisotopic (exact) mass is 281 g/mol. The van der Waals surface area contributed by atoms with E-state index >= 15 is 0 Å². The lowest BCUT2D eigenvalue weighted by Crippen LogP contribution is -2.34. The molecule has 1 heterocycles. The molecule has 0 spiro atoms. The van der Waals surface area contributed by atoms with Crippen LogP contribution in [0.1, 0.15) is 32.1 Å². The van der Waals surface area contributed by atoms with Crippen LogP contribution in [0.15, 0.2) is 18.2 Å². The van der Waals surface area contributed by atoms with Crippen LogP contribution in [0.5, 0.6) is 0 Å². The van der Waals surface area contributed by atoms with Crippen LogP contribution in [0.4, 0.5) is 0 Å². The van der Waals surface area contributed by atoms with Crippen LogP contribution in [-0.2, 0) is 7.05 Å². The van der Waals surface area contributed by atoms with E-state index in [1.807, 2.05) is 25.2 Å². The molecule has 0 saturated carbocycles. The van der Waals surface area contributed by atoms with Gasteiger partial charge in [0.2, 0.25) is 0 Å². The lowest BCUT2D eigenvalue weighted by atomic mass is 10.2. The molecule has 0 radical (unpaired) electrons. The van der Waals surface area contributed by atoms with Gasteiger partial charge in [0, 0.05) is 18.1 Å². The number of nitrogens with zero attached hydrogens (tertiary/aromatic N) is 2. The second kappa shape index (κ2) is 5.90. The molecular weight excluding hydrogens is 262 g/mol. The molecule has 2 N–H and O–H groups in total. The predicted octanol–water partition coefficient (Wildman–Crippen LogP) is 2.65. The van der Waals surface area contributed by atoms with Gasteiger partial charge in [-0.2, -0.15) is 0 Å². The van der Waals surface area contributed by atoms with E-state index in [1.165, 1.54) is 0 Å². The fourth-order valence-corrected chi connectivity index (χ4v) is 2.47. The number of halogens is 1. The molecule has 2 unspecified atom stereocenters. The van der Waals surface area contributed by atoms with Crippen molar-refractivity contribution in [3.05, 3.63) is 29.0 Å². The molecule has 104 valence electrons. The number of rotatable bonds is 5. The molecule has 19 heavy (non-hydrogen) atoms. The smallest absolute Gasteiger partial charge is 0.126 e. The van der Waals surface area contributed by atoms with Crippen molar-refractivity contribution in [1.29, 1.82) is 0 Å². The summed E-state index contributed by atoms with van der Waals surface area (Å²) in [5.41, 5.74) is 1.96. The fourth-order valence-electron chi connectivity index (χ4n) is 2.31. The van der Waals surface area contributed by atoms with Gasteiger partial charge in [-0.15, -0.1) is 0 Å². The minimum absolute atomic E-state index is 0.0771. The molecule has 0 saturated heterocycles. The van der Waals surface area contributed by atoms with E-state index in [0.29, 0.717) is 5.02 Å². The van der Waals surface area contributed by atoms with Gasteiger partial charge >= 0.3 is 0 Å². The summed E-state index contributed by atoms with van der Waals surface area (Å²) >= 11 is 5.99. The van der Waals surface area contributed by atoms with Crippen molar-refractivity contribution >= 4 is 22.6 Å². The summed E-state index contributed by atoms with van der Waals surface area (Å²) in [5, 5.41) is 13.3. The first kappa shape index (κ1) is 14.3. The number of aliphatic hydroxyl groups excluding tert-OH is 1. The lowest BCUT2D eigenvalue weighted by Gasteiger charge is -2.20. The van der Waals surface area contributed by atoms with Crippen molar-refractivity contribution in [2.75, 3.05) is 6.61 Å². The highest BCUT2D eigenvalue weighted by atomic mass is 35.5. The maximum absolute atomic E-state index is 9.26. The van der Waals surface area contributed by atoms with E-state index < -0.39 is 0 Å². The Kier molecular flexibility index (Phi) is 4.45. The Morgan fingerprint density at radius 3 is 2.84 bits per heavy atom. The third kappa shape index (κ3) is 2.91. The molecule has 0 aliphatic carbocycles. The highest BCUT2D eigenvalue weighted by Gasteiger charge is 2.17. The number of hydrogen-bond donors (Lipinski definition) is 2. The van der Waals surface area contributed by atoms with Gasteiger partial charge in [0.05, 0.1) is 23.7 Å². The summed E-state index contributed by atoms with van der Waals surface area (Å²) in [6.07, 6.45) is 0.886. The first-order valence-corrected chi connectivity index (χ1v) is 6.93. The third-order valence-electron chi connectivity index (χ3n) is 3.46. The molecule has 2 rings (SSSR count). The Bertz CT molecular complexity index is 563.